The predicted octanol–water partition coefficient (Wildman–Crippen LogP) is 2.17. The number of para-hydroxylation sites is 1. The van der Waals surface area contributed by atoms with Crippen molar-refractivity contribution in [3.8, 4) is 5.88 Å². The van der Waals surface area contributed by atoms with Crippen molar-refractivity contribution in [3.05, 3.63) is 30.6 Å². The lowest BCUT2D eigenvalue weighted by atomic mass is 9.96. The quantitative estimate of drug-likeness (QED) is 0.897. The summed E-state index contributed by atoms with van der Waals surface area (Å²) in [6.07, 6.45) is 6.74. The van der Waals surface area contributed by atoms with Crippen molar-refractivity contribution in [1.82, 2.24) is 20.6 Å². The Labute approximate surface area is 139 Å². The van der Waals surface area contributed by atoms with Crippen molar-refractivity contribution in [2.75, 3.05) is 6.61 Å². The molecule has 0 bridgehead atoms. The Morgan fingerprint density at radius 3 is 2.75 bits per heavy atom. The molecule has 1 saturated carbocycles. The maximum absolute atomic E-state index is 11.9. The number of amides is 3. The van der Waals surface area contributed by atoms with Crippen molar-refractivity contribution in [2.24, 2.45) is 0 Å². The van der Waals surface area contributed by atoms with Gasteiger partial charge in [-0.05, 0) is 25.0 Å². The summed E-state index contributed by atoms with van der Waals surface area (Å²) in [5.41, 5.74) is 0.734. The first-order chi connectivity index (χ1) is 11.7. The van der Waals surface area contributed by atoms with Crippen LogP contribution in [0.2, 0.25) is 0 Å². The number of urea groups is 1. The van der Waals surface area contributed by atoms with Crippen molar-refractivity contribution >= 4 is 22.8 Å². The van der Waals surface area contributed by atoms with E-state index in [1.165, 1.54) is 12.7 Å². The lowest BCUT2D eigenvalue weighted by Crippen LogP contribution is -2.46. The zero-order valence-corrected chi connectivity index (χ0v) is 13.3. The van der Waals surface area contributed by atoms with Gasteiger partial charge in [0.1, 0.15) is 6.33 Å². The topological polar surface area (TPSA) is 93.2 Å². The molecular weight excluding hydrogens is 308 g/mol. The molecule has 0 aliphatic heterocycles. The molecule has 3 rings (SSSR count). The van der Waals surface area contributed by atoms with Gasteiger partial charge in [-0.2, -0.15) is 0 Å². The fourth-order valence-electron chi connectivity index (χ4n) is 2.86. The van der Waals surface area contributed by atoms with Crippen LogP contribution in [0, 0.1) is 0 Å². The summed E-state index contributed by atoms with van der Waals surface area (Å²) < 4.78 is 5.43. The molecule has 24 heavy (non-hydrogen) atoms. The van der Waals surface area contributed by atoms with Crippen LogP contribution in [0.25, 0.3) is 10.9 Å². The molecule has 1 aliphatic carbocycles. The molecule has 7 nitrogen and oxygen atoms in total. The zero-order valence-electron chi connectivity index (χ0n) is 13.3. The third-order valence-corrected chi connectivity index (χ3v) is 4.04. The Morgan fingerprint density at radius 1 is 1.12 bits per heavy atom. The highest BCUT2D eigenvalue weighted by atomic mass is 16.5. The number of nitrogens with zero attached hydrogens (tertiary/aromatic N) is 2. The highest BCUT2D eigenvalue weighted by molar-refractivity contribution is 5.95. The number of aromatic nitrogens is 2. The van der Waals surface area contributed by atoms with Crippen LogP contribution in [0.1, 0.15) is 32.1 Å². The van der Waals surface area contributed by atoms with Gasteiger partial charge in [0.2, 0.25) is 5.88 Å². The van der Waals surface area contributed by atoms with E-state index in [4.69, 9.17) is 4.74 Å². The minimum absolute atomic E-state index is 0.151. The standard InChI is InChI=1S/C17H20N4O3/c22-15(21-17(23)20-12-6-2-1-3-7-12)10-24-16-13-8-4-5-9-14(13)18-11-19-16/h4-5,8-9,11-12H,1-3,6-7,10H2,(H2,20,21,22,23). The van der Waals surface area contributed by atoms with Gasteiger partial charge in [-0.3, -0.25) is 10.1 Å². The van der Waals surface area contributed by atoms with E-state index >= 15 is 0 Å². The summed E-state index contributed by atoms with van der Waals surface area (Å²) in [5.74, 6) is -0.186. The van der Waals surface area contributed by atoms with E-state index in [1.807, 2.05) is 24.3 Å². The van der Waals surface area contributed by atoms with Gasteiger partial charge < -0.3 is 10.1 Å². The first kappa shape index (κ1) is 16.2. The maximum atomic E-state index is 11.9. The predicted molar refractivity (Wildman–Crippen MR) is 88.6 cm³/mol. The largest absolute Gasteiger partial charge is 0.467 e. The van der Waals surface area contributed by atoms with Crippen LogP contribution in [-0.4, -0.2) is 34.6 Å². The van der Waals surface area contributed by atoms with E-state index < -0.39 is 11.9 Å². The van der Waals surface area contributed by atoms with Crippen LogP contribution < -0.4 is 15.4 Å². The van der Waals surface area contributed by atoms with Crippen molar-refractivity contribution < 1.29 is 14.3 Å². The molecule has 1 aromatic carbocycles. The molecule has 126 valence electrons. The number of carbonyl (C=O) groups excluding carboxylic acids is 2. The summed E-state index contributed by atoms with van der Waals surface area (Å²) >= 11 is 0. The molecule has 0 spiro atoms. The maximum Gasteiger partial charge on any atom is 0.321 e. The molecule has 1 fully saturated rings. The lowest BCUT2D eigenvalue weighted by Gasteiger charge is -2.22. The number of fused-ring (bicyclic) bond motifs is 1. The molecule has 2 N–H and O–H groups in total. The van der Waals surface area contributed by atoms with Gasteiger partial charge in [0.05, 0.1) is 10.9 Å². The van der Waals surface area contributed by atoms with Crippen LogP contribution in [0.4, 0.5) is 4.79 Å². The lowest BCUT2D eigenvalue weighted by molar-refractivity contribution is -0.122. The average Bonchev–Trinajstić information content (AvgIpc) is 2.60. The SMILES string of the molecule is O=C(COc1ncnc2ccccc12)NC(=O)NC1CCCCC1. The van der Waals surface area contributed by atoms with E-state index in [0.717, 1.165) is 36.6 Å². The Hall–Kier alpha value is -2.70. The Kier molecular flexibility index (Phi) is 5.20. The summed E-state index contributed by atoms with van der Waals surface area (Å²) in [6, 6.07) is 7.04. The average molecular weight is 328 g/mol. The molecule has 7 heteroatoms. The molecule has 0 unspecified atom stereocenters. The number of rotatable bonds is 4. The van der Waals surface area contributed by atoms with Crippen molar-refractivity contribution in [1.29, 1.82) is 0 Å². The van der Waals surface area contributed by atoms with E-state index in [0.29, 0.717) is 5.88 Å². The number of ether oxygens (including phenoxy) is 1. The zero-order chi connectivity index (χ0) is 16.8. The van der Waals surface area contributed by atoms with E-state index in [1.54, 1.807) is 0 Å². The van der Waals surface area contributed by atoms with Gasteiger partial charge in [0, 0.05) is 6.04 Å². The first-order valence-electron chi connectivity index (χ1n) is 8.15. The smallest absolute Gasteiger partial charge is 0.321 e. The molecular formula is C17H20N4O3. The molecule has 0 radical (unpaired) electrons. The highest BCUT2D eigenvalue weighted by Crippen LogP contribution is 2.20. The Morgan fingerprint density at radius 2 is 1.92 bits per heavy atom. The van der Waals surface area contributed by atoms with Crippen LogP contribution in [0.3, 0.4) is 0 Å². The third-order valence-electron chi connectivity index (χ3n) is 4.04. The van der Waals surface area contributed by atoms with E-state index in [-0.39, 0.29) is 12.6 Å². The summed E-state index contributed by atoms with van der Waals surface area (Å²) in [6.45, 7) is -0.279. The minimum atomic E-state index is -0.508. The fraction of sp³-hybridized carbons (Fsp3) is 0.412. The van der Waals surface area contributed by atoms with Crippen LogP contribution in [0.5, 0.6) is 5.88 Å². The second-order valence-corrected chi connectivity index (χ2v) is 5.84. The number of nitrogens with one attached hydrogen (secondary N) is 2. The monoisotopic (exact) mass is 328 g/mol. The molecule has 2 aromatic rings. The first-order valence-corrected chi connectivity index (χ1v) is 8.15. The van der Waals surface area contributed by atoms with E-state index in [2.05, 4.69) is 20.6 Å². The normalized spacial score (nSPS) is 15.0. The summed E-state index contributed by atoms with van der Waals surface area (Å²) in [7, 11) is 0. The van der Waals surface area contributed by atoms with Gasteiger partial charge in [-0.15, -0.1) is 0 Å². The number of imide groups is 1. The summed E-state index contributed by atoms with van der Waals surface area (Å²) in [4.78, 5) is 31.8. The molecule has 3 amide bonds. The van der Waals surface area contributed by atoms with Crippen molar-refractivity contribution in [2.45, 2.75) is 38.1 Å². The molecule has 0 saturated heterocycles. The number of hydrogen-bond donors (Lipinski definition) is 2. The van der Waals surface area contributed by atoms with Crippen LogP contribution in [0.15, 0.2) is 30.6 Å². The van der Waals surface area contributed by atoms with Crippen LogP contribution >= 0.6 is 0 Å². The van der Waals surface area contributed by atoms with Gasteiger partial charge in [-0.1, -0.05) is 31.4 Å². The second-order valence-electron chi connectivity index (χ2n) is 5.84. The molecule has 1 aromatic heterocycles. The van der Waals surface area contributed by atoms with Crippen molar-refractivity contribution in [3.63, 3.8) is 0 Å². The number of hydrogen-bond acceptors (Lipinski definition) is 5. The van der Waals surface area contributed by atoms with Gasteiger partial charge in [-0.25, -0.2) is 14.8 Å². The summed E-state index contributed by atoms with van der Waals surface area (Å²) in [5, 5.41) is 5.84. The third kappa shape index (κ3) is 4.18. The molecule has 0 atom stereocenters. The fourth-order valence-corrected chi connectivity index (χ4v) is 2.86. The van der Waals surface area contributed by atoms with Gasteiger partial charge in [0.25, 0.3) is 5.91 Å². The highest BCUT2D eigenvalue weighted by Gasteiger charge is 2.17. The van der Waals surface area contributed by atoms with Gasteiger partial charge in [0.15, 0.2) is 6.61 Å². The Bertz CT molecular complexity index is 723. The number of benzene rings is 1. The molecule has 1 heterocycles. The minimum Gasteiger partial charge on any atom is -0.467 e. The molecule has 1 aliphatic rings. The Balaban J connectivity index is 1.50. The second kappa shape index (κ2) is 7.72. The van der Waals surface area contributed by atoms with E-state index in [9.17, 15) is 9.59 Å². The van der Waals surface area contributed by atoms with Crippen LogP contribution in [-0.2, 0) is 4.79 Å². The van der Waals surface area contributed by atoms with Gasteiger partial charge >= 0.3 is 6.03 Å². The number of carbonyl (C=O) groups is 2.